The fraction of sp³-hybridized carbons (Fsp3) is 0.385. The van der Waals surface area contributed by atoms with Crippen LogP contribution in [0.25, 0.3) is 0 Å². The van der Waals surface area contributed by atoms with E-state index in [2.05, 4.69) is 10.6 Å². The Morgan fingerprint density at radius 3 is 2.70 bits per heavy atom. The average Bonchev–Trinajstić information content (AvgIpc) is 2.45. The number of nitrogens with one attached hydrogen (secondary N) is 2. The van der Waals surface area contributed by atoms with Crippen LogP contribution < -0.4 is 10.6 Å². The highest BCUT2D eigenvalue weighted by molar-refractivity contribution is 7.84. The highest BCUT2D eigenvalue weighted by atomic mass is 32.2. The van der Waals surface area contributed by atoms with E-state index in [0.717, 1.165) is 0 Å². The molecule has 0 aliphatic rings. The summed E-state index contributed by atoms with van der Waals surface area (Å²) in [5, 5.41) is 14.1. The van der Waals surface area contributed by atoms with Gasteiger partial charge in [0.05, 0.1) is 5.56 Å². The van der Waals surface area contributed by atoms with Crippen LogP contribution in [-0.4, -0.2) is 39.4 Å². The van der Waals surface area contributed by atoms with Gasteiger partial charge in [0.1, 0.15) is 0 Å². The van der Waals surface area contributed by atoms with Gasteiger partial charge < -0.3 is 15.7 Å². The van der Waals surface area contributed by atoms with Crippen LogP contribution in [0.4, 0.5) is 4.79 Å². The molecule has 0 bridgehead atoms. The third-order valence-corrected chi connectivity index (χ3v) is 3.87. The van der Waals surface area contributed by atoms with Crippen LogP contribution in [0.15, 0.2) is 24.3 Å². The minimum absolute atomic E-state index is 0.183. The summed E-state index contributed by atoms with van der Waals surface area (Å²) in [4.78, 5) is 22.3. The normalized spacial score (nSPS) is 11.7. The van der Waals surface area contributed by atoms with E-state index in [1.165, 1.54) is 12.1 Å². The number of carbonyl (C=O) groups excluding carboxylic acids is 1. The lowest BCUT2D eigenvalue weighted by Crippen LogP contribution is -2.37. The Morgan fingerprint density at radius 2 is 2.05 bits per heavy atom. The molecule has 0 saturated heterocycles. The summed E-state index contributed by atoms with van der Waals surface area (Å²) in [5.41, 5.74) is 0.889. The number of hydrogen-bond acceptors (Lipinski definition) is 3. The number of urea groups is 1. The molecule has 1 unspecified atom stereocenters. The average molecular weight is 298 g/mol. The third-order valence-electron chi connectivity index (χ3n) is 2.56. The first-order chi connectivity index (χ1) is 9.52. The quantitative estimate of drug-likeness (QED) is 0.698. The van der Waals surface area contributed by atoms with E-state index in [0.29, 0.717) is 23.6 Å². The second-order valence-electron chi connectivity index (χ2n) is 4.05. The maximum atomic E-state index is 11.5. The Labute approximate surface area is 120 Å². The standard InChI is InChI=1S/C13H18N2O4S/c1-2-20(19)7-6-14-13(18)15-9-10-4-3-5-11(8-10)12(16)17/h3-5,8H,2,6-7,9H2,1H3,(H,16,17)(H2,14,15,18). The summed E-state index contributed by atoms with van der Waals surface area (Å²) in [7, 11) is -0.899. The van der Waals surface area contributed by atoms with Crippen LogP contribution in [0.5, 0.6) is 0 Å². The van der Waals surface area contributed by atoms with Gasteiger partial charge in [0.15, 0.2) is 0 Å². The van der Waals surface area contributed by atoms with Crippen LogP contribution >= 0.6 is 0 Å². The van der Waals surface area contributed by atoms with E-state index >= 15 is 0 Å². The van der Waals surface area contributed by atoms with Gasteiger partial charge in [0.25, 0.3) is 0 Å². The van der Waals surface area contributed by atoms with Gasteiger partial charge in [-0.05, 0) is 17.7 Å². The summed E-state index contributed by atoms with van der Waals surface area (Å²) in [5.74, 6) is 0.00214. The van der Waals surface area contributed by atoms with E-state index < -0.39 is 16.8 Å². The molecule has 1 aromatic rings. The molecule has 1 atom stereocenters. The van der Waals surface area contributed by atoms with E-state index in [1.807, 2.05) is 6.92 Å². The lowest BCUT2D eigenvalue weighted by Gasteiger charge is -2.07. The maximum Gasteiger partial charge on any atom is 0.335 e. The molecule has 0 heterocycles. The van der Waals surface area contributed by atoms with Crippen molar-refractivity contribution in [2.24, 2.45) is 0 Å². The van der Waals surface area contributed by atoms with E-state index in [1.54, 1.807) is 12.1 Å². The molecule has 2 amide bonds. The lowest BCUT2D eigenvalue weighted by molar-refractivity contribution is 0.0696. The monoisotopic (exact) mass is 298 g/mol. The summed E-state index contributed by atoms with van der Waals surface area (Å²) < 4.78 is 11.2. The second-order valence-corrected chi connectivity index (χ2v) is 5.91. The van der Waals surface area contributed by atoms with Crippen LogP contribution in [0.3, 0.4) is 0 Å². The zero-order chi connectivity index (χ0) is 15.0. The lowest BCUT2D eigenvalue weighted by atomic mass is 10.1. The number of carboxylic acids is 1. The molecule has 1 rings (SSSR count). The van der Waals surface area contributed by atoms with Crippen molar-refractivity contribution in [3.8, 4) is 0 Å². The molecule has 0 fully saturated rings. The summed E-state index contributed by atoms with van der Waals surface area (Å²) in [6.45, 7) is 2.41. The molecule has 0 aliphatic heterocycles. The number of hydrogen-bond donors (Lipinski definition) is 3. The first-order valence-electron chi connectivity index (χ1n) is 6.22. The zero-order valence-corrected chi connectivity index (χ0v) is 12.0. The SMILES string of the molecule is CCS(=O)CCNC(=O)NCc1cccc(C(=O)O)c1. The van der Waals surface area contributed by atoms with Gasteiger partial charge in [-0.1, -0.05) is 19.1 Å². The molecule has 3 N–H and O–H groups in total. The van der Waals surface area contributed by atoms with E-state index in [-0.39, 0.29) is 18.1 Å². The second kappa shape index (κ2) is 8.31. The Hall–Kier alpha value is -1.89. The van der Waals surface area contributed by atoms with Gasteiger partial charge in [-0.25, -0.2) is 9.59 Å². The Morgan fingerprint density at radius 1 is 1.30 bits per heavy atom. The van der Waals surface area contributed by atoms with Crippen molar-refractivity contribution in [1.82, 2.24) is 10.6 Å². The number of aromatic carboxylic acids is 1. The molecule has 20 heavy (non-hydrogen) atoms. The maximum absolute atomic E-state index is 11.5. The van der Waals surface area contributed by atoms with Crippen LogP contribution in [-0.2, 0) is 17.3 Å². The van der Waals surface area contributed by atoms with Crippen molar-refractivity contribution >= 4 is 22.8 Å². The topological polar surface area (TPSA) is 95.5 Å². The van der Waals surface area contributed by atoms with E-state index in [4.69, 9.17) is 5.11 Å². The number of carbonyl (C=O) groups is 2. The van der Waals surface area contributed by atoms with Crippen LogP contribution in [0, 0.1) is 0 Å². The minimum Gasteiger partial charge on any atom is -0.478 e. The molecule has 0 radical (unpaired) electrons. The summed E-state index contributed by atoms with van der Waals surface area (Å²) >= 11 is 0. The van der Waals surface area contributed by atoms with Crippen molar-refractivity contribution in [2.45, 2.75) is 13.5 Å². The molecule has 0 saturated carbocycles. The predicted molar refractivity (Wildman–Crippen MR) is 77.2 cm³/mol. The highest BCUT2D eigenvalue weighted by Gasteiger charge is 2.05. The van der Waals surface area contributed by atoms with Crippen molar-refractivity contribution < 1.29 is 18.9 Å². The first-order valence-corrected chi connectivity index (χ1v) is 7.70. The summed E-state index contributed by atoms with van der Waals surface area (Å²) in [6.07, 6.45) is 0. The van der Waals surface area contributed by atoms with Crippen molar-refractivity contribution in [3.63, 3.8) is 0 Å². The minimum atomic E-state index is -1.00. The fourth-order valence-electron chi connectivity index (χ4n) is 1.48. The molecule has 7 heteroatoms. The molecule has 6 nitrogen and oxygen atoms in total. The Balaban J connectivity index is 2.35. The first kappa shape index (κ1) is 16.2. The molecule has 0 spiro atoms. The number of amides is 2. The van der Waals surface area contributed by atoms with E-state index in [9.17, 15) is 13.8 Å². The zero-order valence-electron chi connectivity index (χ0n) is 11.2. The van der Waals surface area contributed by atoms with Gasteiger partial charge in [0, 0.05) is 35.4 Å². The number of benzene rings is 1. The van der Waals surface area contributed by atoms with Crippen molar-refractivity contribution in [1.29, 1.82) is 0 Å². The molecule has 1 aromatic carbocycles. The molecule has 0 aromatic heterocycles. The van der Waals surface area contributed by atoms with Crippen LogP contribution in [0.1, 0.15) is 22.8 Å². The molecular weight excluding hydrogens is 280 g/mol. The van der Waals surface area contributed by atoms with Gasteiger partial charge in [-0.15, -0.1) is 0 Å². The molecular formula is C13H18N2O4S. The van der Waals surface area contributed by atoms with Gasteiger partial charge in [-0.2, -0.15) is 0 Å². The smallest absolute Gasteiger partial charge is 0.335 e. The van der Waals surface area contributed by atoms with Crippen molar-refractivity contribution in [3.05, 3.63) is 35.4 Å². The number of rotatable bonds is 7. The fourth-order valence-corrected chi connectivity index (χ4v) is 2.10. The Kier molecular flexibility index (Phi) is 6.72. The van der Waals surface area contributed by atoms with Gasteiger partial charge in [0.2, 0.25) is 0 Å². The van der Waals surface area contributed by atoms with Gasteiger partial charge >= 0.3 is 12.0 Å². The Bertz CT molecular complexity index is 505. The predicted octanol–water partition coefficient (Wildman–Crippen LogP) is 0.953. The number of carboxylic acid groups (broad SMARTS) is 1. The summed E-state index contributed by atoms with van der Waals surface area (Å²) in [6, 6.07) is 6.00. The largest absolute Gasteiger partial charge is 0.478 e. The van der Waals surface area contributed by atoms with Gasteiger partial charge in [-0.3, -0.25) is 4.21 Å². The third kappa shape index (κ3) is 5.83. The highest BCUT2D eigenvalue weighted by Crippen LogP contribution is 2.04. The van der Waals surface area contributed by atoms with Crippen LogP contribution in [0.2, 0.25) is 0 Å². The molecule has 0 aliphatic carbocycles. The van der Waals surface area contributed by atoms with Crippen molar-refractivity contribution in [2.75, 3.05) is 18.1 Å². The molecule has 110 valence electrons.